The van der Waals surface area contributed by atoms with Crippen molar-refractivity contribution in [3.63, 3.8) is 0 Å². The summed E-state index contributed by atoms with van der Waals surface area (Å²) in [7, 11) is 0. The molecule has 90 valence electrons. The van der Waals surface area contributed by atoms with Crippen molar-refractivity contribution in [1.29, 1.82) is 0 Å². The van der Waals surface area contributed by atoms with Crippen LogP contribution in [0.1, 0.15) is 33.4 Å². The Balaban J connectivity index is 2.67. The first kappa shape index (κ1) is 13.4. The van der Waals surface area contributed by atoms with E-state index in [1.165, 1.54) is 0 Å². The van der Waals surface area contributed by atoms with Crippen LogP contribution in [0.3, 0.4) is 0 Å². The molecule has 0 spiro atoms. The second kappa shape index (κ2) is 6.18. The number of halogens is 1. The smallest absolute Gasteiger partial charge is 0.216 e. The summed E-state index contributed by atoms with van der Waals surface area (Å²) in [6.07, 6.45) is 2.61. The van der Waals surface area contributed by atoms with E-state index in [9.17, 15) is 0 Å². The van der Waals surface area contributed by atoms with Crippen LogP contribution >= 0.6 is 15.9 Å². The van der Waals surface area contributed by atoms with E-state index in [1.54, 1.807) is 6.33 Å². The van der Waals surface area contributed by atoms with E-state index in [0.717, 1.165) is 12.1 Å². The molecule has 0 amide bonds. The lowest BCUT2D eigenvalue weighted by molar-refractivity contribution is 0.232. The number of ether oxygens (including phenoxy) is 1. The molecule has 1 unspecified atom stereocenters. The fourth-order valence-corrected chi connectivity index (χ4v) is 1.56. The molecule has 3 nitrogen and oxygen atoms in total. The molecule has 0 saturated heterocycles. The second-order valence-corrected chi connectivity index (χ2v) is 5.65. The van der Waals surface area contributed by atoms with E-state index in [4.69, 9.17) is 4.74 Å². The summed E-state index contributed by atoms with van der Waals surface area (Å²) >= 11 is 3.65. The summed E-state index contributed by atoms with van der Waals surface area (Å²) in [5.74, 6) is 1.24. The van der Waals surface area contributed by atoms with Crippen LogP contribution in [-0.4, -0.2) is 20.9 Å². The summed E-state index contributed by atoms with van der Waals surface area (Å²) < 4.78 is 5.53. The van der Waals surface area contributed by atoms with Crippen molar-refractivity contribution in [2.24, 2.45) is 5.92 Å². The molecule has 0 saturated carbocycles. The lowest BCUT2D eigenvalue weighted by Crippen LogP contribution is -2.12. The molecule has 4 heteroatoms. The van der Waals surface area contributed by atoms with E-state index in [1.807, 2.05) is 19.9 Å². The Bertz CT molecular complexity index is 329. The van der Waals surface area contributed by atoms with Crippen LogP contribution < -0.4 is 4.74 Å². The Morgan fingerprint density at radius 2 is 1.94 bits per heavy atom. The summed E-state index contributed by atoms with van der Waals surface area (Å²) in [6, 6.07) is 1.91. The molecule has 1 heterocycles. The predicted octanol–water partition coefficient (Wildman–Crippen LogP) is 3.23. The minimum Gasteiger partial charge on any atom is -0.475 e. The fourth-order valence-electron chi connectivity index (χ4n) is 1.23. The molecule has 1 rings (SSSR count). The number of aromatic nitrogens is 2. The van der Waals surface area contributed by atoms with Crippen molar-refractivity contribution in [2.75, 3.05) is 0 Å². The van der Waals surface area contributed by atoms with Crippen molar-refractivity contribution in [1.82, 2.24) is 9.97 Å². The first-order valence-electron chi connectivity index (χ1n) is 5.60. The van der Waals surface area contributed by atoms with Crippen LogP contribution in [0, 0.1) is 5.92 Å². The normalized spacial score (nSPS) is 13.2. The molecular formula is C12H19BrN2O. The van der Waals surface area contributed by atoms with Gasteiger partial charge in [-0.2, -0.15) is 0 Å². The zero-order valence-electron chi connectivity index (χ0n) is 10.3. The van der Waals surface area contributed by atoms with Gasteiger partial charge in [0.15, 0.2) is 0 Å². The molecule has 0 aromatic carbocycles. The highest BCUT2D eigenvalue weighted by Crippen LogP contribution is 2.18. The van der Waals surface area contributed by atoms with E-state index >= 15 is 0 Å². The number of alkyl halides is 1. The quantitative estimate of drug-likeness (QED) is 0.780. The van der Waals surface area contributed by atoms with Crippen molar-refractivity contribution >= 4 is 15.9 Å². The molecule has 0 aliphatic carbocycles. The SMILES string of the molecule is CC(C)Oc1cc(CC(Br)C(C)C)ncn1. The molecule has 0 fully saturated rings. The Morgan fingerprint density at radius 3 is 2.50 bits per heavy atom. The van der Waals surface area contributed by atoms with Gasteiger partial charge >= 0.3 is 0 Å². The average molecular weight is 287 g/mol. The van der Waals surface area contributed by atoms with E-state index in [0.29, 0.717) is 16.6 Å². The third kappa shape index (κ3) is 4.47. The Morgan fingerprint density at radius 1 is 1.25 bits per heavy atom. The molecule has 1 aromatic rings. The van der Waals surface area contributed by atoms with Gasteiger partial charge in [0.25, 0.3) is 0 Å². The van der Waals surface area contributed by atoms with Gasteiger partial charge in [0, 0.05) is 23.0 Å². The lowest BCUT2D eigenvalue weighted by Gasteiger charge is -2.14. The summed E-state index contributed by atoms with van der Waals surface area (Å²) in [5, 5.41) is 0. The zero-order valence-corrected chi connectivity index (χ0v) is 11.9. The predicted molar refractivity (Wildman–Crippen MR) is 69.1 cm³/mol. The molecule has 0 N–H and O–H groups in total. The largest absolute Gasteiger partial charge is 0.475 e. The maximum atomic E-state index is 5.53. The van der Waals surface area contributed by atoms with Gasteiger partial charge in [-0.05, 0) is 19.8 Å². The first-order valence-corrected chi connectivity index (χ1v) is 6.52. The van der Waals surface area contributed by atoms with Gasteiger partial charge in [-0.3, -0.25) is 0 Å². The highest BCUT2D eigenvalue weighted by Gasteiger charge is 2.11. The van der Waals surface area contributed by atoms with Gasteiger partial charge in [-0.1, -0.05) is 29.8 Å². The van der Waals surface area contributed by atoms with Gasteiger partial charge < -0.3 is 4.74 Å². The molecule has 1 atom stereocenters. The average Bonchev–Trinajstić information content (AvgIpc) is 2.16. The number of rotatable bonds is 5. The Labute approximate surface area is 106 Å². The van der Waals surface area contributed by atoms with Gasteiger partial charge in [0.2, 0.25) is 5.88 Å². The first-order chi connectivity index (χ1) is 7.49. The van der Waals surface area contributed by atoms with E-state index in [2.05, 4.69) is 39.7 Å². The fraction of sp³-hybridized carbons (Fsp3) is 0.667. The molecule has 0 aliphatic rings. The maximum Gasteiger partial charge on any atom is 0.216 e. The zero-order chi connectivity index (χ0) is 12.1. The Kier molecular flexibility index (Phi) is 5.19. The standard InChI is InChI=1S/C12H19BrN2O/c1-8(2)11(13)5-10-6-12(15-7-14-10)16-9(3)4/h6-9,11H,5H2,1-4H3. The molecule has 1 aromatic heterocycles. The molecule has 16 heavy (non-hydrogen) atoms. The highest BCUT2D eigenvalue weighted by molar-refractivity contribution is 9.09. The van der Waals surface area contributed by atoms with Crippen LogP contribution in [0.2, 0.25) is 0 Å². The van der Waals surface area contributed by atoms with E-state index < -0.39 is 0 Å². The summed E-state index contributed by atoms with van der Waals surface area (Å²) in [6.45, 7) is 8.35. The summed E-state index contributed by atoms with van der Waals surface area (Å²) in [5.41, 5.74) is 1.02. The van der Waals surface area contributed by atoms with Crippen LogP contribution in [-0.2, 0) is 6.42 Å². The van der Waals surface area contributed by atoms with Crippen molar-refractivity contribution < 1.29 is 4.74 Å². The Hall–Kier alpha value is -0.640. The highest BCUT2D eigenvalue weighted by atomic mass is 79.9. The van der Waals surface area contributed by atoms with Crippen LogP contribution in [0.4, 0.5) is 0 Å². The third-order valence-electron chi connectivity index (χ3n) is 2.18. The second-order valence-electron chi connectivity index (χ2n) is 4.48. The number of hydrogen-bond donors (Lipinski definition) is 0. The minimum atomic E-state index is 0.146. The number of hydrogen-bond acceptors (Lipinski definition) is 3. The van der Waals surface area contributed by atoms with Crippen molar-refractivity contribution in [3.05, 3.63) is 18.1 Å². The molecule has 0 radical (unpaired) electrons. The van der Waals surface area contributed by atoms with Gasteiger partial charge in [0.1, 0.15) is 6.33 Å². The van der Waals surface area contributed by atoms with Crippen molar-refractivity contribution in [2.45, 2.75) is 45.0 Å². The monoisotopic (exact) mass is 286 g/mol. The van der Waals surface area contributed by atoms with E-state index in [-0.39, 0.29) is 6.10 Å². The van der Waals surface area contributed by atoms with Gasteiger partial charge in [0.05, 0.1) is 6.10 Å². The van der Waals surface area contributed by atoms with Crippen LogP contribution in [0.15, 0.2) is 12.4 Å². The van der Waals surface area contributed by atoms with Gasteiger partial charge in [-0.25, -0.2) is 9.97 Å². The van der Waals surface area contributed by atoms with Crippen LogP contribution in [0.5, 0.6) is 5.88 Å². The molecular weight excluding hydrogens is 268 g/mol. The molecule has 0 aliphatic heterocycles. The minimum absolute atomic E-state index is 0.146. The van der Waals surface area contributed by atoms with Crippen LogP contribution in [0.25, 0.3) is 0 Å². The van der Waals surface area contributed by atoms with Crippen molar-refractivity contribution in [3.8, 4) is 5.88 Å². The summed E-state index contributed by atoms with van der Waals surface area (Å²) in [4.78, 5) is 8.77. The topological polar surface area (TPSA) is 35.0 Å². The van der Waals surface area contributed by atoms with Gasteiger partial charge in [-0.15, -0.1) is 0 Å². The maximum absolute atomic E-state index is 5.53. The lowest BCUT2D eigenvalue weighted by atomic mass is 10.1. The third-order valence-corrected chi connectivity index (χ3v) is 3.56. The molecule has 0 bridgehead atoms. The number of nitrogens with zero attached hydrogens (tertiary/aromatic N) is 2.